The Kier molecular flexibility index (Phi) is 3.68. The number of ether oxygens (including phenoxy) is 2. The zero-order valence-corrected chi connectivity index (χ0v) is 12.9. The molecular weight excluding hydrogens is 278 g/mol. The highest BCUT2D eigenvalue weighted by Crippen LogP contribution is 2.38. The lowest BCUT2D eigenvalue weighted by molar-refractivity contribution is -0.136. The van der Waals surface area contributed by atoms with Crippen molar-refractivity contribution in [1.82, 2.24) is 4.90 Å². The van der Waals surface area contributed by atoms with Crippen LogP contribution in [0.1, 0.15) is 50.0 Å². The molecule has 0 unspecified atom stereocenters. The van der Waals surface area contributed by atoms with Gasteiger partial charge in [0.25, 0.3) is 0 Å². The maximum atomic E-state index is 12.5. The van der Waals surface area contributed by atoms with Crippen LogP contribution in [0.5, 0.6) is 11.5 Å². The van der Waals surface area contributed by atoms with E-state index in [1.165, 1.54) is 18.4 Å². The summed E-state index contributed by atoms with van der Waals surface area (Å²) >= 11 is 0. The van der Waals surface area contributed by atoms with Crippen molar-refractivity contribution < 1.29 is 14.3 Å². The molecule has 4 rings (SSSR count). The van der Waals surface area contributed by atoms with E-state index in [4.69, 9.17) is 9.47 Å². The summed E-state index contributed by atoms with van der Waals surface area (Å²) in [5, 5.41) is 0. The van der Waals surface area contributed by atoms with Gasteiger partial charge in [-0.15, -0.1) is 0 Å². The number of fused-ring (bicyclic) bond motifs is 1. The Bertz CT molecular complexity index is 557. The third kappa shape index (κ3) is 2.55. The Labute approximate surface area is 131 Å². The summed E-state index contributed by atoms with van der Waals surface area (Å²) in [6, 6.07) is 6.27. The molecule has 118 valence electrons. The Hall–Kier alpha value is -1.71. The largest absolute Gasteiger partial charge is 0.454 e. The molecular formula is C18H23NO3. The quantitative estimate of drug-likeness (QED) is 0.841. The van der Waals surface area contributed by atoms with Crippen LogP contribution in [0.4, 0.5) is 0 Å². The third-order valence-electron chi connectivity index (χ3n) is 5.38. The first-order chi connectivity index (χ1) is 10.8. The number of hydrogen-bond acceptors (Lipinski definition) is 3. The Morgan fingerprint density at radius 2 is 1.73 bits per heavy atom. The molecule has 4 heteroatoms. The van der Waals surface area contributed by atoms with Gasteiger partial charge in [0.2, 0.25) is 12.7 Å². The van der Waals surface area contributed by atoms with Gasteiger partial charge in [-0.05, 0) is 49.3 Å². The Morgan fingerprint density at radius 3 is 2.50 bits per heavy atom. The number of rotatable bonds is 2. The minimum Gasteiger partial charge on any atom is -0.454 e. The first kappa shape index (κ1) is 13.9. The average Bonchev–Trinajstić information content (AvgIpc) is 3.25. The molecule has 3 aliphatic rings. The van der Waals surface area contributed by atoms with E-state index in [1.807, 2.05) is 6.07 Å². The molecule has 2 heterocycles. The average molecular weight is 301 g/mol. The van der Waals surface area contributed by atoms with Gasteiger partial charge in [-0.2, -0.15) is 0 Å². The van der Waals surface area contributed by atoms with Crippen molar-refractivity contribution in [2.24, 2.45) is 5.92 Å². The van der Waals surface area contributed by atoms with Crippen molar-refractivity contribution in [2.45, 2.75) is 44.4 Å². The molecule has 0 N–H and O–H groups in total. The fraction of sp³-hybridized carbons (Fsp3) is 0.611. The summed E-state index contributed by atoms with van der Waals surface area (Å²) in [4.78, 5) is 14.6. The smallest absolute Gasteiger partial charge is 0.231 e. The predicted molar refractivity (Wildman–Crippen MR) is 83.1 cm³/mol. The normalized spacial score (nSPS) is 22.3. The molecule has 1 saturated heterocycles. The lowest BCUT2D eigenvalue weighted by Gasteiger charge is -2.33. The van der Waals surface area contributed by atoms with Gasteiger partial charge in [-0.3, -0.25) is 4.79 Å². The van der Waals surface area contributed by atoms with Crippen LogP contribution in [-0.4, -0.2) is 30.7 Å². The number of piperidine rings is 1. The van der Waals surface area contributed by atoms with Crippen molar-refractivity contribution in [1.29, 1.82) is 0 Å². The van der Waals surface area contributed by atoms with Crippen LogP contribution in [0.2, 0.25) is 0 Å². The Morgan fingerprint density at radius 1 is 1.00 bits per heavy atom. The van der Waals surface area contributed by atoms with E-state index < -0.39 is 0 Å². The first-order valence-corrected chi connectivity index (χ1v) is 8.49. The number of carbonyl (C=O) groups excluding carboxylic acids is 1. The highest BCUT2D eigenvalue weighted by atomic mass is 16.7. The molecule has 1 saturated carbocycles. The second kappa shape index (κ2) is 5.82. The number of benzene rings is 1. The number of amides is 1. The Balaban J connectivity index is 1.38. The summed E-state index contributed by atoms with van der Waals surface area (Å²) in [5.41, 5.74) is 1.32. The summed E-state index contributed by atoms with van der Waals surface area (Å²) in [5.74, 6) is 2.95. The SMILES string of the molecule is O=C(C1CCCC1)N1CCC(c2ccc3c(c2)OCO3)CC1. The van der Waals surface area contributed by atoms with Gasteiger partial charge in [0.15, 0.2) is 11.5 Å². The molecule has 1 aromatic rings. The van der Waals surface area contributed by atoms with Crippen molar-refractivity contribution in [3.63, 3.8) is 0 Å². The van der Waals surface area contributed by atoms with Crippen molar-refractivity contribution in [2.75, 3.05) is 19.9 Å². The first-order valence-electron chi connectivity index (χ1n) is 8.49. The van der Waals surface area contributed by atoms with Crippen LogP contribution in [0.3, 0.4) is 0 Å². The van der Waals surface area contributed by atoms with E-state index in [0.717, 1.165) is 50.3 Å². The molecule has 1 aliphatic carbocycles. The van der Waals surface area contributed by atoms with Crippen molar-refractivity contribution in [3.8, 4) is 11.5 Å². The second-order valence-corrected chi connectivity index (χ2v) is 6.69. The molecule has 4 nitrogen and oxygen atoms in total. The maximum absolute atomic E-state index is 12.5. The van der Waals surface area contributed by atoms with Crippen LogP contribution >= 0.6 is 0 Å². The van der Waals surface area contributed by atoms with Gasteiger partial charge in [0.1, 0.15) is 0 Å². The molecule has 0 bridgehead atoms. The summed E-state index contributed by atoms with van der Waals surface area (Å²) in [6.45, 7) is 2.12. The highest BCUT2D eigenvalue weighted by molar-refractivity contribution is 5.79. The maximum Gasteiger partial charge on any atom is 0.231 e. The van der Waals surface area contributed by atoms with E-state index in [2.05, 4.69) is 17.0 Å². The van der Waals surface area contributed by atoms with Gasteiger partial charge in [0.05, 0.1) is 0 Å². The molecule has 0 atom stereocenters. The standard InChI is InChI=1S/C18H23NO3/c20-18(14-3-1-2-4-14)19-9-7-13(8-10-19)15-5-6-16-17(11-15)22-12-21-16/h5-6,11,13-14H,1-4,7-10,12H2. The van der Waals surface area contributed by atoms with Crippen molar-refractivity contribution >= 4 is 5.91 Å². The topological polar surface area (TPSA) is 38.8 Å². The van der Waals surface area contributed by atoms with Gasteiger partial charge >= 0.3 is 0 Å². The molecule has 0 spiro atoms. The zero-order valence-electron chi connectivity index (χ0n) is 12.9. The molecule has 2 aliphatic heterocycles. The summed E-state index contributed by atoms with van der Waals surface area (Å²) in [7, 11) is 0. The number of nitrogens with zero attached hydrogens (tertiary/aromatic N) is 1. The molecule has 22 heavy (non-hydrogen) atoms. The number of carbonyl (C=O) groups is 1. The van der Waals surface area contributed by atoms with E-state index in [9.17, 15) is 4.79 Å². The zero-order chi connectivity index (χ0) is 14.9. The van der Waals surface area contributed by atoms with E-state index >= 15 is 0 Å². The van der Waals surface area contributed by atoms with Gasteiger partial charge in [-0.1, -0.05) is 18.9 Å². The predicted octanol–water partition coefficient (Wildman–Crippen LogP) is 3.31. The number of likely N-dealkylation sites (tertiary alicyclic amines) is 1. The molecule has 0 aromatic heterocycles. The summed E-state index contributed by atoms with van der Waals surface area (Å²) < 4.78 is 10.8. The molecule has 0 radical (unpaired) electrons. The van der Waals surface area contributed by atoms with E-state index in [-0.39, 0.29) is 0 Å². The molecule has 1 aromatic carbocycles. The monoisotopic (exact) mass is 301 g/mol. The third-order valence-corrected chi connectivity index (χ3v) is 5.38. The van der Waals surface area contributed by atoms with Gasteiger partial charge in [-0.25, -0.2) is 0 Å². The van der Waals surface area contributed by atoms with Crippen LogP contribution in [-0.2, 0) is 4.79 Å². The molecule has 1 amide bonds. The number of hydrogen-bond donors (Lipinski definition) is 0. The van der Waals surface area contributed by atoms with Crippen LogP contribution in [0, 0.1) is 5.92 Å². The fourth-order valence-electron chi connectivity index (χ4n) is 4.03. The minimum atomic E-state index is 0.307. The lowest BCUT2D eigenvalue weighted by atomic mass is 9.88. The van der Waals surface area contributed by atoms with Crippen LogP contribution in [0.25, 0.3) is 0 Å². The van der Waals surface area contributed by atoms with E-state index in [1.54, 1.807) is 0 Å². The second-order valence-electron chi connectivity index (χ2n) is 6.69. The fourth-order valence-corrected chi connectivity index (χ4v) is 4.03. The minimum absolute atomic E-state index is 0.307. The highest BCUT2D eigenvalue weighted by Gasteiger charge is 2.30. The van der Waals surface area contributed by atoms with Crippen molar-refractivity contribution in [3.05, 3.63) is 23.8 Å². The summed E-state index contributed by atoms with van der Waals surface area (Å²) in [6.07, 6.45) is 6.76. The van der Waals surface area contributed by atoms with Gasteiger partial charge < -0.3 is 14.4 Å². The lowest BCUT2D eigenvalue weighted by Crippen LogP contribution is -2.40. The molecule has 2 fully saturated rings. The van der Waals surface area contributed by atoms with Crippen LogP contribution < -0.4 is 9.47 Å². The van der Waals surface area contributed by atoms with Gasteiger partial charge in [0, 0.05) is 19.0 Å². The van der Waals surface area contributed by atoms with Crippen LogP contribution in [0.15, 0.2) is 18.2 Å². The van der Waals surface area contributed by atoms with E-state index in [0.29, 0.717) is 24.5 Å².